The first kappa shape index (κ1) is 9.28. The zero-order valence-corrected chi connectivity index (χ0v) is 6.85. The normalized spacial score (nSPS) is 11.6. The van der Waals surface area contributed by atoms with Crippen molar-refractivity contribution < 1.29 is 5.11 Å². The molecule has 0 aromatic carbocycles. The van der Waals surface area contributed by atoms with Crippen LogP contribution in [0.2, 0.25) is 0 Å². The van der Waals surface area contributed by atoms with Crippen LogP contribution >= 0.6 is 0 Å². The Bertz CT molecular complexity index is 134. The van der Waals surface area contributed by atoms with Crippen LogP contribution in [-0.4, -0.2) is 5.11 Å². The molecule has 0 fully saturated rings. The summed E-state index contributed by atoms with van der Waals surface area (Å²) >= 11 is 0. The van der Waals surface area contributed by atoms with Crippen LogP contribution in [0.3, 0.4) is 0 Å². The third-order valence-corrected chi connectivity index (χ3v) is 1.60. The summed E-state index contributed by atoms with van der Waals surface area (Å²) < 4.78 is 0. The Morgan fingerprint density at radius 2 is 2.10 bits per heavy atom. The molecule has 10 heavy (non-hydrogen) atoms. The maximum Gasteiger partial charge on any atom is 0.0854 e. The summed E-state index contributed by atoms with van der Waals surface area (Å²) in [7, 11) is 0. The summed E-state index contributed by atoms with van der Waals surface area (Å²) in [6, 6.07) is 0. The number of aliphatic hydroxyl groups excluding tert-OH is 1. The van der Waals surface area contributed by atoms with Gasteiger partial charge in [-0.3, -0.25) is 0 Å². The molecule has 0 bridgehead atoms. The summed E-state index contributed by atoms with van der Waals surface area (Å²) in [5.41, 5.74) is 1.38. The Morgan fingerprint density at radius 1 is 1.50 bits per heavy atom. The molecule has 0 aliphatic carbocycles. The number of aliphatic hydroxyl groups is 1. The lowest BCUT2D eigenvalue weighted by molar-refractivity contribution is 0.390. The minimum Gasteiger partial charge on any atom is -0.513 e. The van der Waals surface area contributed by atoms with E-state index in [0.29, 0.717) is 6.42 Å². The lowest BCUT2D eigenvalue weighted by atomic mass is 10.1. The van der Waals surface area contributed by atoms with E-state index >= 15 is 0 Å². The van der Waals surface area contributed by atoms with E-state index in [-0.39, 0.29) is 5.76 Å². The second-order valence-electron chi connectivity index (χ2n) is 2.37. The van der Waals surface area contributed by atoms with E-state index in [2.05, 4.69) is 19.6 Å². The Balaban J connectivity index is 3.56. The molecule has 1 heteroatoms. The SMILES string of the molecule is C=C(O)CC/C(=C\C)CC. The van der Waals surface area contributed by atoms with E-state index in [9.17, 15) is 0 Å². The van der Waals surface area contributed by atoms with Crippen LogP contribution in [0.5, 0.6) is 0 Å². The summed E-state index contributed by atoms with van der Waals surface area (Å²) in [6.45, 7) is 7.57. The van der Waals surface area contributed by atoms with Crippen molar-refractivity contribution in [1.82, 2.24) is 0 Å². The van der Waals surface area contributed by atoms with E-state index < -0.39 is 0 Å². The molecule has 0 saturated heterocycles. The van der Waals surface area contributed by atoms with Gasteiger partial charge >= 0.3 is 0 Å². The molecule has 1 N–H and O–H groups in total. The third-order valence-electron chi connectivity index (χ3n) is 1.60. The Labute approximate surface area is 63.1 Å². The highest BCUT2D eigenvalue weighted by molar-refractivity contribution is 5.01. The minimum absolute atomic E-state index is 0.285. The first-order chi connectivity index (χ1) is 4.70. The van der Waals surface area contributed by atoms with Crippen molar-refractivity contribution in [2.45, 2.75) is 33.1 Å². The van der Waals surface area contributed by atoms with Gasteiger partial charge in [0.05, 0.1) is 5.76 Å². The molecular weight excluding hydrogens is 124 g/mol. The lowest BCUT2D eigenvalue weighted by Gasteiger charge is -2.01. The zero-order chi connectivity index (χ0) is 7.98. The van der Waals surface area contributed by atoms with E-state index in [1.807, 2.05) is 6.92 Å². The maximum absolute atomic E-state index is 8.77. The Hall–Kier alpha value is -0.720. The molecule has 1 nitrogen and oxygen atoms in total. The predicted molar refractivity (Wildman–Crippen MR) is 45.1 cm³/mol. The van der Waals surface area contributed by atoms with Gasteiger partial charge < -0.3 is 5.11 Å². The Morgan fingerprint density at radius 3 is 2.40 bits per heavy atom. The molecule has 0 aromatic heterocycles. The highest BCUT2D eigenvalue weighted by Crippen LogP contribution is 2.11. The molecular formula is C9H16O. The molecule has 0 aliphatic rings. The average Bonchev–Trinajstić information content (AvgIpc) is 1.90. The van der Waals surface area contributed by atoms with E-state index in [4.69, 9.17) is 5.11 Å². The van der Waals surface area contributed by atoms with E-state index in [1.165, 1.54) is 5.57 Å². The molecule has 0 amide bonds. The van der Waals surface area contributed by atoms with Crippen LogP contribution in [0.25, 0.3) is 0 Å². The van der Waals surface area contributed by atoms with Crippen molar-refractivity contribution in [2.75, 3.05) is 0 Å². The summed E-state index contributed by atoms with van der Waals surface area (Å²) in [4.78, 5) is 0. The summed E-state index contributed by atoms with van der Waals surface area (Å²) in [5, 5.41) is 8.77. The van der Waals surface area contributed by atoms with Gasteiger partial charge in [0.1, 0.15) is 0 Å². The highest BCUT2D eigenvalue weighted by Gasteiger charge is 1.93. The summed E-state index contributed by atoms with van der Waals surface area (Å²) in [5.74, 6) is 0.285. The highest BCUT2D eigenvalue weighted by atomic mass is 16.3. The number of hydrogen-bond acceptors (Lipinski definition) is 1. The zero-order valence-electron chi connectivity index (χ0n) is 6.85. The van der Waals surface area contributed by atoms with Gasteiger partial charge in [-0.25, -0.2) is 0 Å². The molecule has 0 radical (unpaired) electrons. The molecule has 0 unspecified atom stereocenters. The van der Waals surface area contributed by atoms with Gasteiger partial charge in [-0.1, -0.05) is 25.2 Å². The first-order valence-electron chi connectivity index (χ1n) is 3.71. The second-order valence-corrected chi connectivity index (χ2v) is 2.37. The van der Waals surface area contributed by atoms with Crippen LogP contribution < -0.4 is 0 Å². The average molecular weight is 140 g/mol. The monoisotopic (exact) mass is 140 g/mol. The molecule has 0 aromatic rings. The van der Waals surface area contributed by atoms with Crippen molar-refractivity contribution in [2.24, 2.45) is 0 Å². The van der Waals surface area contributed by atoms with Crippen LogP contribution in [0.15, 0.2) is 24.0 Å². The van der Waals surface area contributed by atoms with E-state index in [0.717, 1.165) is 12.8 Å². The second kappa shape index (κ2) is 5.10. The number of rotatable bonds is 4. The third kappa shape index (κ3) is 4.19. The summed E-state index contributed by atoms with van der Waals surface area (Å²) in [6.07, 6.45) is 4.82. The fourth-order valence-electron chi connectivity index (χ4n) is 0.830. The van der Waals surface area contributed by atoms with Gasteiger partial charge in [0.2, 0.25) is 0 Å². The number of allylic oxidation sites excluding steroid dienone is 3. The van der Waals surface area contributed by atoms with Crippen molar-refractivity contribution in [3.8, 4) is 0 Å². The van der Waals surface area contributed by atoms with Gasteiger partial charge in [-0.15, -0.1) is 0 Å². The first-order valence-corrected chi connectivity index (χ1v) is 3.71. The fourth-order valence-corrected chi connectivity index (χ4v) is 0.830. The van der Waals surface area contributed by atoms with E-state index in [1.54, 1.807) is 0 Å². The topological polar surface area (TPSA) is 20.2 Å². The smallest absolute Gasteiger partial charge is 0.0854 e. The van der Waals surface area contributed by atoms with Gasteiger partial charge in [-0.05, 0) is 19.8 Å². The maximum atomic E-state index is 8.77. The Kier molecular flexibility index (Phi) is 4.73. The van der Waals surface area contributed by atoms with Crippen LogP contribution in [0.4, 0.5) is 0 Å². The molecule has 0 aliphatic heterocycles. The van der Waals surface area contributed by atoms with Crippen molar-refractivity contribution in [1.29, 1.82) is 0 Å². The molecule has 0 atom stereocenters. The number of hydrogen-bond donors (Lipinski definition) is 1. The van der Waals surface area contributed by atoms with Gasteiger partial charge in [0.15, 0.2) is 0 Å². The van der Waals surface area contributed by atoms with Crippen LogP contribution in [0, 0.1) is 0 Å². The van der Waals surface area contributed by atoms with Crippen LogP contribution in [-0.2, 0) is 0 Å². The minimum atomic E-state index is 0.285. The molecule has 0 rings (SSSR count). The standard InChI is InChI=1S/C9H16O/c1-4-9(5-2)7-6-8(3)10/h4,10H,3,5-7H2,1-2H3/b9-4-. The predicted octanol–water partition coefficient (Wildman–Crippen LogP) is 3.19. The van der Waals surface area contributed by atoms with Gasteiger partial charge in [-0.2, -0.15) is 0 Å². The van der Waals surface area contributed by atoms with Gasteiger partial charge in [0.25, 0.3) is 0 Å². The quantitative estimate of drug-likeness (QED) is 0.469. The largest absolute Gasteiger partial charge is 0.513 e. The molecule has 58 valence electrons. The molecule has 0 heterocycles. The fraction of sp³-hybridized carbons (Fsp3) is 0.556. The molecule has 0 saturated carbocycles. The molecule has 0 spiro atoms. The van der Waals surface area contributed by atoms with Crippen molar-refractivity contribution in [3.63, 3.8) is 0 Å². The van der Waals surface area contributed by atoms with Crippen LogP contribution in [0.1, 0.15) is 33.1 Å². The van der Waals surface area contributed by atoms with Crippen molar-refractivity contribution >= 4 is 0 Å². The van der Waals surface area contributed by atoms with Gasteiger partial charge in [0, 0.05) is 6.42 Å². The van der Waals surface area contributed by atoms with Crippen molar-refractivity contribution in [3.05, 3.63) is 24.0 Å². The lowest BCUT2D eigenvalue weighted by Crippen LogP contribution is -1.83.